The number of carboxylic acids is 1. The fraction of sp³-hybridized carbons (Fsp3) is 0.727. The molecule has 1 saturated carbocycles. The van der Waals surface area contributed by atoms with Gasteiger partial charge in [0.1, 0.15) is 5.78 Å². The van der Waals surface area contributed by atoms with Gasteiger partial charge in [0.15, 0.2) is 0 Å². The average molecular weight is 381 g/mol. The van der Waals surface area contributed by atoms with Crippen molar-refractivity contribution in [2.45, 2.75) is 83.8 Å². The highest BCUT2D eigenvalue weighted by atomic mass is 16.4. The SMILES string of the molecule is CCCC[C@H](C)C[C@H](O)/C=C/[C@H]1C(=O)C[C@H](O)[C@@H]1C/C=C\CCCC(=O)O. The van der Waals surface area contributed by atoms with Gasteiger partial charge in [-0.15, -0.1) is 0 Å². The molecule has 0 aromatic carbocycles. The number of unbranched alkanes of at least 4 members (excludes halogenated alkanes) is 2. The number of aliphatic hydroxyl groups is 2. The molecule has 0 unspecified atom stereocenters. The van der Waals surface area contributed by atoms with Crippen LogP contribution in [0.25, 0.3) is 0 Å². The summed E-state index contributed by atoms with van der Waals surface area (Å²) in [7, 11) is 0. The zero-order valence-corrected chi connectivity index (χ0v) is 16.7. The number of ketones is 1. The van der Waals surface area contributed by atoms with Gasteiger partial charge < -0.3 is 15.3 Å². The highest BCUT2D eigenvalue weighted by Crippen LogP contribution is 2.33. The van der Waals surface area contributed by atoms with Crippen LogP contribution in [0.15, 0.2) is 24.3 Å². The van der Waals surface area contributed by atoms with Gasteiger partial charge in [0.05, 0.1) is 12.2 Å². The molecular formula is C22H36O5. The number of carboxylic acid groups (broad SMARTS) is 1. The predicted octanol–water partition coefficient (Wildman–Crippen LogP) is 3.89. The minimum absolute atomic E-state index is 0.0225. The molecule has 0 aromatic heterocycles. The third kappa shape index (κ3) is 9.34. The van der Waals surface area contributed by atoms with Gasteiger partial charge >= 0.3 is 5.97 Å². The summed E-state index contributed by atoms with van der Waals surface area (Å²) in [6.45, 7) is 4.29. The highest BCUT2D eigenvalue weighted by molar-refractivity contribution is 5.86. The summed E-state index contributed by atoms with van der Waals surface area (Å²) in [4.78, 5) is 22.7. The Hall–Kier alpha value is -1.46. The van der Waals surface area contributed by atoms with Crippen molar-refractivity contribution in [2.24, 2.45) is 17.8 Å². The third-order valence-corrected chi connectivity index (χ3v) is 5.31. The number of rotatable bonds is 13. The second kappa shape index (κ2) is 12.8. The van der Waals surface area contributed by atoms with Gasteiger partial charge in [0.2, 0.25) is 0 Å². The molecule has 1 rings (SSSR count). The first-order valence-electron chi connectivity index (χ1n) is 10.3. The van der Waals surface area contributed by atoms with Crippen molar-refractivity contribution in [3.63, 3.8) is 0 Å². The maximum Gasteiger partial charge on any atom is 0.303 e. The summed E-state index contributed by atoms with van der Waals surface area (Å²) in [5.74, 6) is -0.861. The molecule has 0 aromatic rings. The van der Waals surface area contributed by atoms with Crippen molar-refractivity contribution in [1.29, 1.82) is 0 Å². The molecule has 1 fully saturated rings. The van der Waals surface area contributed by atoms with Crippen LogP contribution in [0, 0.1) is 17.8 Å². The Labute approximate surface area is 163 Å². The van der Waals surface area contributed by atoms with E-state index in [1.165, 1.54) is 0 Å². The number of carbonyl (C=O) groups excluding carboxylic acids is 1. The minimum atomic E-state index is -0.798. The van der Waals surface area contributed by atoms with Crippen LogP contribution in [0.3, 0.4) is 0 Å². The number of Topliss-reactive ketones (excluding diaryl/α,β-unsaturated/α-hetero) is 1. The van der Waals surface area contributed by atoms with Gasteiger partial charge in [0.25, 0.3) is 0 Å². The second-order valence-electron chi connectivity index (χ2n) is 7.86. The summed E-state index contributed by atoms with van der Waals surface area (Å²) in [5.41, 5.74) is 0. The lowest BCUT2D eigenvalue weighted by Crippen LogP contribution is -2.19. The van der Waals surface area contributed by atoms with E-state index >= 15 is 0 Å². The molecule has 1 aliphatic rings. The Morgan fingerprint density at radius 1 is 1.30 bits per heavy atom. The lowest BCUT2D eigenvalue weighted by molar-refractivity contribution is -0.137. The van der Waals surface area contributed by atoms with Crippen molar-refractivity contribution >= 4 is 11.8 Å². The van der Waals surface area contributed by atoms with E-state index in [2.05, 4.69) is 13.8 Å². The molecule has 27 heavy (non-hydrogen) atoms. The maximum atomic E-state index is 12.2. The van der Waals surface area contributed by atoms with E-state index < -0.39 is 18.2 Å². The normalized spacial score (nSPS) is 25.5. The van der Waals surface area contributed by atoms with Gasteiger partial charge in [-0.1, -0.05) is 57.4 Å². The maximum absolute atomic E-state index is 12.2. The molecule has 0 aliphatic heterocycles. The van der Waals surface area contributed by atoms with Crippen molar-refractivity contribution in [3.8, 4) is 0 Å². The van der Waals surface area contributed by atoms with E-state index in [4.69, 9.17) is 5.11 Å². The molecule has 0 saturated heterocycles. The van der Waals surface area contributed by atoms with Gasteiger partial charge in [-0.25, -0.2) is 0 Å². The number of carbonyl (C=O) groups is 2. The van der Waals surface area contributed by atoms with Crippen LogP contribution in [0.5, 0.6) is 0 Å². The second-order valence-corrected chi connectivity index (χ2v) is 7.86. The molecular weight excluding hydrogens is 344 g/mol. The first kappa shape index (κ1) is 23.6. The fourth-order valence-corrected chi connectivity index (χ4v) is 3.68. The van der Waals surface area contributed by atoms with Gasteiger partial charge in [-0.3, -0.25) is 9.59 Å². The van der Waals surface area contributed by atoms with Gasteiger partial charge in [-0.05, 0) is 31.6 Å². The molecule has 0 bridgehead atoms. The van der Waals surface area contributed by atoms with Crippen LogP contribution in [-0.4, -0.2) is 39.3 Å². The van der Waals surface area contributed by atoms with E-state index in [9.17, 15) is 19.8 Å². The van der Waals surface area contributed by atoms with E-state index in [1.807, 2.05) is 12.2 Å². The molecule has 154 valence electrons. The zero-order valence-electron chi connectivity index (χ0n) is 16.7. The summed E-state index contributed by atoms with van der Waals surface area (Å²) in [5, 5.41) is 29.0. The third-order valence-electron chi connectivity index (χ3n) is 5.31. The van der Waals surface area contributed by atoms with Crippen LogP contribution >= 0.6 is 0 Å². The number of aliphatic hydroxyl groups excluding tert-OH is 2. The van der Waals surface area contributed by atoms with Gasteiger partial charge in [0, 0.05) is 24.7 Å². The van der Waals surface area contributed by atoms with Crippen molar-refractivity contribution in [1.82, 2.24) is 0 Å². The van der Waals surface area contributed by atoms with Crippen LogP contribution in [-0.2, 0) is 9.59 Å². The van der Waals surface area contributed by atoms with Crippen LogP contribution in [0.1, 0.15) is 71.6 Å². The average Bonchev–Trinajstić information content (AvgIpc) is 2.87. The zero-order chi connectivity index (χ0) is 20.2. The summed E-state index contributed by atoms with van der Waals surface area (Å²) < 4.78 is 0. The van der Waals surface area contributed by atoms with E-state index in [-0.39, 0.29) is 30.5 Å². The van der Waals surface area contributed by atoms with E-state index in [0.717, 1.165) is 19.3 Å². The first-order chi connectivity index (χ1) is 12.8. The molecule has 0 radical (unpaired) electrons. The molecule has 1 aliphatic carbocycles. The molecule has 5 atom stereocenters. The predicted molar refractivity (Wildman–Crippen MR) is 106 cm³/mol. The largest absolute Gasteiger partial charge is 0.481 e. The smallest absolute Gasteiger partial charge is 0.303 e. The van der Waals surface area contributed by atoms with Crippen molar-refractivity contribution < 1.29 is 24.9 Å². The number of aliphatic carboxylic acids is 1. The number of hydrogen-bond donors (Lipinski definition) is 3. The van der Waals surface area contributed by atoms with E-state index in [1.54, 1.807) is 12.2 Å². The van der Waals surface area contributed by atoms with Crippen LogP contribution in [0.4, 0.5) is 0 Å². The van der Waals surface area contributed by atoms with E-state index in [0.29, 0.717) is 31.6 Å². The topological polar surface area (TPSA) is 94.8 Å². The van der Waals surface area contributed by atoms with Crippen molar-refractivity contribution in [3.05, 3.63) is 24.3 Å². The Kier molecular flexibility index (Phi) is 11.2. The first-order valence-corrected chi connectivity index (χ1v) is 10.3. The fourth-order valence-electron chi connectivity index (χ4n) is 3.68. The molecule has 0 heterocycles. The molecule has 0 amide bonds. The summed E-state index contributed by atoms with van der Waals surface area (Å²) >= 11 is 0. The quantitative estimate of drug-likeness (QED) is 0.333. The molecule has 5 heteroatoms. The lowest BCUT2D eigenvalue weighted by Gasteiger charge is -2.18. The monoisotopic (exact) mass is 380 g/mol. The Morgan fingerprint density at radius 3 is 2.70 bits per heavy atom. The molecule has 5 nitrogen and oxygen atoms in total. The Morgan fingerprint density at radius 2 is 2.04 bits per heavy atom. The summed E-state index contributed by atoms with van der Waals surface area (Å²) in [6, 6.07) is 0. The van der Waals surface area contributed by atoms with Crippen LogP contribution < -0.4 is 0 Å². The Bertz CT molecular complexity index is 511. The lowest BCUT2D eigenvalue weighted by atomic mass is 9.89. The number of hydrogen-bond acceptors (Lipinski definition) is 4. The molecule has 0 spiro atoms. The Balaban J connectivity index is 2.51. The van der Waals surface area contributed by atoms with Gasteiger partial charge in [-0.2, -0.15) is 0 Å². The van der Waals surface area contributed by atoms with Crippen molar-refractivity contribution in [2.75, 3.05) is 0 Å². The standard InChI is InChI=1S/C22H36O5/c1-3-4-9-16(2)14-17(23)12-13-19-18(20(24)15-21(19)25)10-7-5-6-8-11-22(26)27/h5,7,12-13,16-20,23-24H,3-4,6,8-11,14-15H2,1-2H3,(H,26,27)/b7-5-,13-12+/t16-,17+,18+,19+,20-/m0/s1. The summed E-state index contributed by atoms with van der Waals surface area (Å²) in [6.07, 6.45) is 12.4. The number of allylic oxidation sites excluding steroid dienone is 3. The highest BCUT2D eigenvalue weighted by Gasteiger charge is 2.39. The van der Waals surface area contributed by atoms with Crippen LogP contribution in [0.2, 0.25) is 0 Å². The molecule has 3 N–H and O–H groups in total. The minimum Gasteiger partial charge on any atom is -0.481 e.